The first-order valence-corrected chi connectivity index (χ1v) is 6.93. The summed E-state index contributed by atoms with van der Waals surface area (Å²) in [6.45, 7) is 5.47. The van der Waals surface area contributed by atoms with Gasteiger partial charge in [-0.15, -0.1) is 0 Å². The molecule has 110 valence electrons. The Morgan fingerprint density at radius 1 is 1.30 bits per heavy atom. The Morgan fingerprint density at radius 3 is 2.55 bits per heavy atom. The Balaban J connectivity index is 2.07. The van der Waals surface area contributed by atoms with E-state index in [1.807, 2.05) is 0 Å². The molecule has 2 atom stereocenters. The number of hydrogen-bond donors (Lipinski definition) is 2. The monoisotopic (exact) mass is 280 g/mol. The average Bonchev–Trinajstić information content (AvgIpc) is 2.31. The van der Waals surface area contributed by atoms with Gasteiger partial charge in [-0.3, -0.25) is 4.79 Å². The van der Waals surface area contributed by atoms with Crippen molar-refractivity contribution in [3.63, 3.8) is 0 Å². The minimum atomic E-state index is -0.431. The molecule has 0 radical (unpaired) electrons. The van der Waals surface area contributed by atoms with Gasteiger partial charge in [0.1, 0.15) is 5.82 Å². The van der Waals surface area contributed by atoms with Crippen molar-refractivity contribution in [3.8, 4) is 0 Å². The van der Waals surface area contributed by atoms with Crippen molar-refractivity contribution in [2.75, 3.05) is 10.6 Å². The molecule has 1 aromatic carbocycles. The molecule has 1 heterocycles. The predicted octanol–water partition coefficient (Wildman–Crippen LogP) is 3.15. The van der Waals surface area contributed by atoms with Gasteiger partial charge < -0.3 is 15.4 Å². The Kier molecular flexibility index (Phi) is 4.60. The number of amides is 1. The minimum Gasteiger partial charge on any atom is -0.382 e. The molecule has 0 aromatic heterocycles. The highest BCUT2D eigenvalue weighted by atomic mass is 19.1. The van der Waals surface area contributed by atoms with E-state index < -0.39 is 5.82 Å². The summed E-state index contributed by atoms with van der Waals surface area (Å²) >= 11 is 0. The SMILES string of the molecule is CC(=O)Nc1cc(NC2CC(C)OC(C)C2)ccc1F. The topological polar surface area (TPSA) is 50.4 Å². The van der Waals surface area contributed by atoms with Crippen LogP contribution in [-0.2, 0) is 9.53 Å². The standard InChI is InChI=1S/C15H21FN2O2/c1-9-6-13(7-10(2)20-9)18-12-4-5-14(16)15(8-12)17-11(3)19/h4-5,8-10,13,18H,6-7H2,1-3H3,(H,17,19). The molecule has 2 N–H and O–H groups in total. The summed E-state index contributed by atoms with van der Waals surface area (Å²) in [4.78, 5) is 11.0. The number of carbonyl (C=O) groups is 1. The number of carbonyl (C=O) groups excluding carboxylic acids is 1. The largest absolute Gasteiger partial charge is 0.382 e. The van der Waals surface area contributed by atoms with E-state index in [1.54, 1.807) is 12.1 Å². The number of nitrogens with one attached hydrogen (secondary N) is 2. The Labute approximate surface area is 118 Å². The zero-order valence-corrected chi connectivity index (χ0v) is 12.1. The van der Waals surface area contributed by atoms with Crippen LogP contribution in [0.15, 0.2) is 18.2 Å². The van der Waals surface area contributed by atoms with Crippen molar-refractivity contribution < 1.29 is 13.9 Å². The molecule has 2 rings (SSSR count). The van der Waals surface area contributed by atoms with E-state index in [1.165, 1.54) is 13.0 Å². The summed E-state index contributed by atoms with van der Waals surface area (Å²) < 4.78 is 19.3. The maximum absolute atomic E-state index is 13.6. The minimum absolute atomic E-state index is 0.204. The van der Waals surface area contributed by atoms with Crippen LogP contribution in [0.1, 0.15) is 33.6 Å². The van der Waals surface area contributed by atoms with Crippen LogP contribution in [0.25, 0.3) is 0 Å². The molecule has 1 aliphatic heterocycles. The van der Waals surface area contributed by atoms with Crippen LogP contribution < -0.4 is 10.6 Å². The second-order valence-electron chi connectivity index (χ2n) is 5.45. The van der Waals surface area contributed by atoms with Crippen molar-refractivity contribution in [1.29, 1.82) is 0 Å². The van der Waals surface area contributed by atoms with Crippen LogP contribution in [0.3, 0.4) is 0 Å². The second-order valence-corrected chi connectivity index (χ2v) is 5.45. The first-order valence-electron chi connectivity index (χ1n) is 6.93. The molecule has 0 bridgehead atoms. The average molecular weight is 280 g/mol. The number of benzene rings is 1. The highest BCUT2D eigenvalue weighted by Crippen LogP contribution is 2.25. The van der Waals surface area contributed by atoms with Crippen LogP contribution in [0.4, 0.5) is 15.8 Å². The quantitative estimate of drug-likeness (QED) is 0.894. The molecule has 0 aliphatic carbocycles. The van der Waals surface area contributed by atoms with E-state index >= 15 is 0 Å². The Bertz CT molecular complexity index is 483. The van der Waals surface area contributed by atoms with Crippen molar-refractivity contribution in [2.45, 2.75) is 51.9 Å². The maximum Gasteiger partial charge on any atom is 0.221 e. The van der Waals surface area contributed by atoms with Gasteiger partial charge in [0, 0.05) is 18.7 Å². The van der Waals surface area contributed by atoms with Crippen molar-refractivity contribution >= 4 is 17.3 Å². The molecule has 5 heteroatoms. The van der Waals surface area contributed by atoms with Crippen molar-refractivity contribution in [1.82, 2.24) is 0 Å². The third-order valence-corrected chi connectivity index (χ3v) is 3.35. The number of hydrogen-bond acceptors (Lipinski definition) is 3. The molecule has 4 nitrogen and oxygen atoms in total. The zero-order valence-electron chi connectivity index (χ0n) is 12.1. The summed E-state index contributed by atoms with van der Waals surface area (Å²) in [5, 5.41) is 5.87. The first-order chi connectivity index (χ1) is 9.44. The van der Waals surface area contributed by atoms with E-state index in [2.05, 4.69) is 24.5 Å². The summed E-state index contributed by atoms with van der Waals surface area (Å²) in [5.74, 6) is -0.714. The zero-order chi connectivity index (χ0) is 14.7. The maximum atomic E-state index is 13.6. The lowest BCUT2D eigenvalue weighted by Crippen LogP contribution is -2.36. The number of anilines is 2. The summed E-state index contributed by atoms with van der Waals surface area (Å²) in [7, 11) is 0. The second kappa shape index (κ2) is 6.22. The predicted molar refractivity (Wildman–Crippen MR) is 77.4 cm³/mol. The van der Waals surface area contributed by atoms with Gasteiger partial charge in [0.15, 0.2) is 0 Å². The summed E-state index contributed by atoms with van der Waals surface area (Å²) in [5.41, 5.74) is 1.01. The summed E-state index contributed by atoms with van der Waals surface area (Å²) in [6, 6.07) is 4.97. The van der Waals surface area contributed by atoms with E-state index in [0.717, 1.165) is 18.5 Å². The molecule has 1 amide bonds. The number of halogens is 1. The van der Waals surface area contributed by atoms with Crippen LogP contribution in [-0.4, -0.2) is 24.2 Å². The molecule has 1 aliphatic rings. The van der Waals surface area contributed by atoms with Crippen LogP contribution in [0.2, 0.25) is 0 Å². The van der Waals surface area contributed by atoms with Crippen LogP contribution >= 0.6 is 0 Å². The third kappa shape index (κ3) is 3.93. The fourth-order valence-corrected chi connectivity index (χ4v) is 2.66. The lowest BCUT2D eigenvalue weighted by molar-refractivity contribution is -0.114. The molecule has 1 saturated heterocycles. The van der Waals surface area contributed by atoms with Gasteiger partial charge in [-0.25, -0.2) is 4.39 Å². The third-order valence-electron chi connectivity index (χ3n) is 3.35. The lowest BCUT2D eigenvalue weighted by Gasteiger charge is -2.33. The molecular weight excluding hydrogens is 259 g/mol. The van der Waals surface area contributed by atoms with Crippen LogP contribution in [0.5, 0.6) is 0 Å². The molecule has 0 spiro atoms. The number of rotatable bonds is 3. The highest BCUT2D eigenvalue weighted by Gasteiger charge is 2.24. The van der Waals surface area contributed by atoms with Gasteiger partial charge >= 0.3 is 0 Å². The molecule has 1 aromatic rings. The Hall–Kier alpha value is -1.62. The van der Waals surface area contributed by atoms with Gasteiger partial charge in [0.25, 0.3) is 0 Å². The van der Waals surface area contributed by atoms with Gasteiger partial charge in [-0.1, -0.05) is 0 Å². The van der Waals surface area contributed by atoms with E-state index in [4.69, 9.17) is 4.74 Å². The normalized spacial score (nSPS) is 26.1. The van der Waals surface area contributed by atoms with Crippen molar-refractivity contribution in [2.24, 2.45) is 0 Å². The van der Waals surface area contributed by atoms with Gasteiger partial charge in [-0.05, 0) is 44.9 Å². The molecule has 2 unspecified atom stereocenters. The molecule has 20 heavy (non-hydrogen) atoms. The van der Waals surface area contributed by atoms with Crippen molar-refractivity contribution in [3.05, 3.63) is 24.0 Å². The Morgan fingerprint density at radius 2 is 1.95 bits per heavy atom. The van der Waals surface area contributed by atoms with E-state index in [-0.39, 0.29) is 23.8 Å². The molecule has 0 saturated carbocycles. The fraction of sp³-hybridized carbons (Fsp3) is 0.533. The van der Waals surface area contributed by atoms with E-state index in [9.17, 15) is 9.18 Å². The first kappa shape index (κ1) is 14.8. The highest BCUT2D eigenvalue weighted by molar-refractivity contribution is 5.89. The van der Waals surface area contributed by atoms with Gasteiger partial charge in [0.05, 0.1) is 17.9 Å². The molecular formula is C15H21FN2O2. The summed E-state index contributed by atoms with van der Waals surface area (Å²) in [6.07, 6.45) is 2.26. The number of ether oxygens (including phenoxy) is 1. The van der Waals surface area contributed by atoms with E-state index in [0.29, 0.717) is 6.04 Å². The lowest BCUT2D eigenvalue weighted by atomic mass is 9.99. The smallest absolute Gasteiger partial charge is 0.221 e. The van der Waals surface area contributed by atoms with Gasteiger partial charge in [-0.2, -0.15) is 0 Å². The van der Waals surface area contributed by atoms with Crippen LogP contribution in [0, 0.1) is 5.82 Å². The van der Waals surface area contributed by atoms with Gasteiger partial charge in [0.2, 0.25) is 5.91 Å². The molecule has 1 fully saturated rings. The fourth-order valence-electron chi connectivity index (χ4n) is 2.66.